The molecule has 9 heteroatoms. The van der Waals surface area contributed by atoms with E-state index in [9.17, 15) is 14.4 Å². The summed E-state index contributed by atoms with van der Waals surface area (Å²) < 4.78 is 12.0. The molecule has 2 aromatic rings. The van der Waals surface area contributed by atoms with Crippen molar-refractivity contribution in [3.05, 3.63) is 62.5 Å². The van der Waals surface area contributed by atoms with E-state index in [2.05, 4.69) is 22.2 Å². The number of hydrogen-bond donors (Lipinski definition) is 2. The van der Waals surface area contributed by atoms with Gasteiger partial charge in [0.1, 0.15) is 11.4 Å². The Balaban J connectivity index is 2.43. The lowest BCUT2D eigenvalue weighted by Gasteiger charge is -2.12. The van der Waals surface area contributed by atoms with Crippen molar-refractivity contribution in [1.82, 2.24) is 14.9 Å². The fraction of sp³-hybridized carbons (Fsp3) is 0.360. The van der Waals surface area contributed by atoms with E-state index in [1.807, 2.05) is 36.6 Å². The number of aryl methyl sites for hydroxylation is 1. The Bertz CT molecular complexity index is 1200. The first-order valence-corrected chi connectivity index (χ1v) is 11.1. The number of methoxy groups -OCH3 is 1. The van der Waals surface area contributed by atoms with Crippen molar-refractivity contribution in [3.63, 3.8) is 0 Å². The molecule has 2 amide bonds. The predicted octanol–water partition coefficient (Wildman–Crippen LogP) is 1.89. The quantitative estimate of drug-likeness (QED) is 0.407. The number of carbonyl (C=O) groups excluding carboxylic acids is 2. The summed E-state index contributed by atoms with van der Waals surface area (Å²) in [7, 11) is 1.62. The van der Waals surface area contributed by atoms with E-state index in [4.69, 9.17) is 9.47 Å². The van der Waals surface area contributed by atoms with E-state index in [1.165, 1.54) is 6.20 Å². The zero-order chi connectivity index (χ0) is 25.1. The molecule has 0 unspecified atom stereocenters. The molecule has 0 radical (unpaired) electrons. The van der Waals surface area contributed by atoms with Crippen LogP contribution in [0.5, 0.6) is 0 Å². The highest BCUT2D eigenvalue weighted by Crippen LogP contribution is 2.08. The molecular formula is C25H32N4O5. The summed E-state index contributed by atoms with van der Waals surface area (Å²) in [5.74, 6) is -0.226. The van der Waals surface area contributed by atoms with E-state index in [0.29, 0.717) is 37.3 Å². The summed E-state index contributed by atoms with van der Waals surface area (Å²) in [5.41, 5.74) is 1.11. The van der Waals surface area contributed by atoms with Crippen LogP contribution in [0.2, 0.25) is 0 Å². The maximum absolute atomic E-state index is 12.9. The van der Waals surface area contributed by atoms with Gasteiger partial charge in [0.15, 0.2) is 0 Å². The van der Waals surface area contributed by atoms with E-state index in [1.54, 1.807) is 26.3 Å². The minimum Gasteiger partial charge on any atom is -0.462 e. The molecule has 0 atom stereocenters. The number of urea groups is 1. The highest BCUT2D eigenvalue weighted by Gasteiger charge is 2.15. The van der Waals surface area contributed by atoms with Gasteiger partial charge in [-0.05, 0) is 50.5 Å². The van der Waals surface area contributed by atoms with Gasteiger partial charge in [-0.15, -0.1) is 0 Å². The predicted molar refractivity (Wildman–Crippen MR) is 133 cm³/mol. The van der Waals surface area contributed by atoms with Crippen molar-refractivity contribution < 1.29 is 19.1 Å². The first-order chi connectivity index (χ1) is 16.3. The summed E-state index contributed by atoms with van der Waals surface area (Å²) in [6.45, 7) is 11.1. The van der Waals surface area contributed by atoms with Crippen LogP contribution in [0.3, 0.4) is 0 Å². The smallest absolute Gasteiger partial charge is 0.343 e. The van der Waals surface area contributed by atoms with Gasteiger partial charge in [-0.25, -0.2) is 14.6 Å². The largest absolute Gasteiger partial charge is 0.462 e. The minimum atomic E-state index is -0.662. The second-order valence-corrected chi connectivity index (χ2v) is 7.44. The number of carbonyl (C=O) groups is 2. The molecule has 0 fully saturated rings. The average Bonchev–Trinajstić information content (AvgIpc) is 2.81. The number of amides is 2. The van der Waals surface area contributed by atoms with Gasteiger partial charge in [0, 0.05) is 44.4 Å². The van der Waals surface area contributed by atoms with Gasteiger partial charge in [0.2, 0.25) is 5.43 Å². The van der Waals surface area contributed by atoms with Crippen LogP contribution < -0.4 is 26.6 Å². The van der Waals surface area contributed by atoms with Gasteiger partial charge in [-0.1, -0.05) is 18.7 Å². The summed E-state index contributed by atoms with van der Waals surface area (Å²) in [6, 6.07) is 3.20. The van der Waals surface area contributed by atoms with E-state index in [-0.39, 0.29) is 23.4 Å². The molecule has 0 saturated carbocycles. The lowest BCUT2D eigenvalue weighted by molar-refractivity contribution is 0.0523. The van der Waals surface area contributed by atoms with Crippen molar-refractivity contribution in [3.8, 4) is 0 Å². The number of hydrogen-bond acceptors (Lipinski definition) is 6. The molecular weight excluding hydrogens is 436 g/mol. The summed E-state index contributed by atoms with van der Waals surface area (Å²) in [6.07, 6.45) is 7.55. The molecule has 2 aromatic heterocycles. The minimum absolute atomic E-state index is 0.0378. The van der Waals surface area contributed by atoms with Crippen molar-refractivity contribution in [2.75, 3.05) is 32.2 Å². The SMILES string of the molecule is C=c1c(=O)c(C(=O)OCC)cn(CCCOC)/c1=C(C)/C=C/c1ccc(NC(=O)NCC)nc1. The molecule has 0 saturated heterocycles. The molecule has 34 heavy (non-hydrogen) atoms. The van der Waals surface area contributed by atoms with Gasteiger partial charge < -0.3 is 19.4 Å². The van der Waals surface area contributed by atoms with Gasteiger partial charge >= 0.3 is 12.0 Å². The van der Waals surface area contributed by atoms with Gasteiger partial charge in [-0.2, -0.15) is 0 Å². The Morgan fingerprint density at radius 3 is 2.65 bits per heavy atom. The van der Waals surface area contributed by atoms with Crippen molar-refractivity contribution in [2.24, 2.45) is 0 Å². The lowest BCUT2D eigenvalue weighted by atomic mass is 10.1. The molecule has 0 spiro atoms. The lowest BCUT2D eigenvalue weighted by Crippen LogP contribution is -2.48. The monoisotopic (exact) mass is 468 g/mol. The Morgan fingerprint density at radius 1 is 1.26 bits per heavy atom. The number of aromatic nitrogens is 2. The van der Waals surface area contributed by atoms with E-state index < -0.39 is 11.4 Å². The first-order valence-electron chi connectivity index (χ1n) is 11.1. The van der Waals surface area contributed by atoms with Crippen LogP contribution in [0.25, 0.3) is 18.2 Å². The molecule has 2 rings (SSSR count). The number of nitrogens with one attached hydrogen (secondary N) is 2. The Kier molecular flexibility index (Phi) is 10.2. The fourth-order valence-corrected chi connectivity index (χ4v) is 3.30. The van der Waals surface area contributed by atoms with Crippen LogP contribution in [0.15, 0.2) is 35.4 Å². The fourth-order valence-electron chi connectivity index (χ4n) is 3.30. The van der Waals surface area contributed by atoms with Crippen molar-refractivity contribution in [2.45, 2.75) is 33.7 Å². The molecule has 182 valence electrons. The number of ether oxygens (including phenoxy) is 2. The summed E-state index contributed by atoms with van der Waals surface area (Å²) in [5, 5.41) is 6.14. The maximum atomic E-state index is 12.9. The molecule has 9 nitrogen and oxygen atoms in total. The third-order valence-electron chi connectivity index (χ3n) is 4.88. The molecule has 2 N–H and O–H groups in total. The number of rotatable bonds is 10. The number of pyridine rings is 2. The zero-order valence-corrected chi connectivity index (χ0v) is 20.1. The molecule has 0 bridgehead atoms. The Morgan fingerprint density at radius 2 is 2.03 bits per heavy atom. The van der Waals surface area contributed by atoms with Crippen LogP contribution in [-0.2, 0) is 16.0 Å². The maximum Gasteiger partial charge on any atom is 0.343 e. The standard InChI is InChI=1S/C25H32N4O5/c1-6-26-25(32)28-21-12-11-19(15-27-21)10-9-17(3)22-18(4)23(30)20(24(31)34-7-2)16-29(22)13-8-14-33-5/h9-12,15-16H,4,6-8,13-14H2,1-3,5H3,(H2,26,27,28,32)/b10-9+,22-17+. The molecule has 0 aliphatic heterocycles. The Hall–Kier alpha value is -3.72. The second kappa shape index (κ2) is 13.1. The first kappa shape index (κ1) is 26.5. The van der Waals surface area contributed by atoms with Crippen LogP contribution in [0, 0.1) is 0 Å². The van der Waals surface area contributed by atoms with E-state index in [0.717, 1.165) is 11.1 Å². The molecule has 0 aliphatic rings. The van der Waals surface area contributed by atoms with Crippen molar-refractivity contribution in [1.29, 1.82) is 0 Å². The Labute approximate surface area is 198 Å². The summed E-state index contributed by atoms with van der Waals surface area (Å²) in [4.78, 5) is 41.0. The molecule has 0 aromatic carbocycles. The van der Waals surface area contributed by atoms with Crippen LogP contribution in [0.1, 0.15) is 43.1 Å². The third kappa shape index (κ3) is 7.14. The number of allylic oxidation sites excluding steroid dienone is 1. The second-order valence-electron chi connectivity index (χ2n) is 7.44. The van der Waals surface area contributed by atoms with Crippen LogP contribution >= 0.6 is 0 Å². The highest BCUT2D eigenvalue weighted by molar-refractivity contribution is 5.89. The molecule has 0 aliphatic carbocycles. The highest BCUT2D eigenvalue weighted by atomic mass is 16.5. The number of nitrogens with zero attached hydrogens (tertiary/aromatic N) is 2. The summed E-state index contributed by atoms with van der Waals surface area (Å²) >= 11 is 0. The zero-order valence-electron chi connectivity index (χ0n) is 20.1. The number of anilines is 1. The van der Waals surface area contributed by atoms with Crippen LogP contribution in [0.4, 0.5) is 10.6 Å². The van der Waals surface area contributed by atoms with Gasteiger partial charge in [0.05, 0.1) is 12.0 Å². The van der Waals surface area contributed by atoms with Crippen LogP contribution in [-0.4, -0.2) is 48.4 Å². The number of esters is 1. The van der Waals surface area contributed by atoms with Gasteiger partial charge in [-0.3, -0.25) is 10.1 Å². The molecule has 2 heterocycles. The third-order valence-corrected chi connectivity index (χ3v) is 4.88. The average molecular weight is 469 g/mol. The van der Waals surface area contributed by atoms with Gasteiger partial charge in [0.25, 0.3) is 0 Å². The topological polar surface area (TPSA) is 112 Å². The van der Waals surface area contributed by atoms with Crippen molar-refractivity contribution >= 4 is 36.0 Å². The van der Waals surface area contributed by atoms with E-state index >= 15 is 0 Å². The normalized spacial score (nSPS) is 11.9.